The lowest BCUT2D eigenvalue weighted by Crippen LogP contribution is -2.29. The molecule has 3 N–H and O–H groups in total. The van der Waals surface area contributed by atoms with Crippen LogP contribution < -0.4 is 15.6 Å². The number of ether oxygens (including phenoxy) is 1. The number of hydrogen-bond acceptors (Lipinski definition) is 4. The molecule has 1 heterocycles. The Morgan fingerprint density at radius 2 is 2.00 bits per heavy atom. The molecule has 1 aliphatic rings. The van der Waals surface area contributed by atoms with Crippen LogP contribution in [0.2, 0.25) is 0 Å². The summed E-state index contributed by atoms with van der Waals surface area (Å²) in [5.74, 6) is 1.71. The molecule has 3 unspecified atom stereocenters. The van der Waals surface area contributed by atoms with Gasteiger partial charge in [0.05, 0.1) is 12.6 Å². The van der Waals surface area contributed by atoms with Crippen LogP contribution in [0, 0.1) is 11.8 Å². The highest BCUT2D eigenvalue weighted by Gasteiger charge is 2.34. The summed E-state index contributed by atoms with van der Waals surface area (Å²) in [6.07, 6.45) is 1.05. The van der Waals surface area contributed by atoms with Gasteiger partial charge in [-0.1, -0.05) is 32.0 Å². The Morgan fingerprint density at radius 3 is 2.70 bits per heavy atom. The van der Waals surface area contributed by atoms with E-state index in [1.807, 2.05) is 18.2 Å². The maximum absolute atomic E-state index is 9.59. The topological polar surface area (TPSA) is 53.5 Å². The van der Waals surface area contributed by atoms with Crippen molar-refractivity contribution in [2.75, 3.05) is 13.2 Å². The van der Waals surface area contributed by atoms with Gasteiger partial charge in [-0.05, 0) is 25.3 Å². The summed E-state index contributed by atoms with van der Waals surface area (Å²) in [4.78, 5) is 0. The van der Waals surface area contributed by atoms with Crippen LogP contribution in [0.25, 0.3) is 0 Å². The number of aliphatic hydroxyl groups is 1. The Hall–Kier alpha value is -1.10. The standard InChI is InChI=1S/C16H26N2O2/c1-11(2)8-9-20-15-7-5-4-6-13(15)16-14(10-19)12(3)17-18-16/h4-7,11-12,14,16-19H,8-10H2,1-3H3. The van der Waals surface area contributed by atoms with Crippen LogP contribution in [0.3, 0.4) is 0 Å². The first-order valence-corrected chi connectivity index (χ1v) is 7.47. The quantitative estimate of drug-likeness (QED) is 0.747. The third-order valence-corrected chi connectivity index (χ3v) is 3.95. The molecule has 0 bridgehead atoms. The molecule has 0 amide bonds. The number of hydrogen-bond donors (Lipinski definition) is 3. The predicted octanol–water partition coefficient (Wildman–Crippen LogP) is 2.26. The second-order valence-electron chi connectivity index (χ2n) is 5.97. The molecule has 0 aliphatic carbocycles. The summed E-state index contributed by atoms with van der Waals surface area (Å²) in [7, 11) is 0. The molecule has 1 fully saturated rings. The Morgan fingerprint density at radius 1 is 1.25 bits per heavy atom. The molecule has 1 saturated heterocycles. The van der Waals surface area contributed by atoms with E-state index in [0.29, 0.717) is 5.92 Å². The van der Waals surface area contributed by atoms with Crippen molar-refractivity contribution in [3.05, 3.63) is 29.8 Å². The monoisotopic (exact) mass is 278 g/mol. The van der Waals surface area contributed by atoms with Gasteiger partial charge in [0, 0.05) is 24.1 Å². The van der Waals surface area contributed by atoms with Gasteiger partial charge in [0.25, 0.3) is 0 Å². The van der Waals surface area contributed by atoms with Crippen LogP contribution in [0.1, 0.15) is 38.8 Å². The highest BCUT2D eigenvalue weighted by molar-refractivity contribution is 5.37. The van der Waals surface area contributed by atoms with Gasteiger partial charge in [0.15, 0.2) is 0 Å². The molecule has 0 spiro atoms. The van der Waals surface area contributed by atoms with Crippen LogP contribution in [0.5, 0.6) is 5.75 Å². The number of rotatable bonds is 6. The molecule has 2 rings (SSSR count). The van der Waals surface area contributed by atoms with Crippen LogP contribution in [0.4, 0.5) is 0 Å². The fourth-order valence-electron chi connectivity index (χ4n) is 2.57. The maximum Gasteiger partial charge on any atom is 0.124 e. The van der Waals surface area contributed by atoms with E-state index in [9.17, 15) is 5.11 Å². The van der Waals surface area contributed by atoms with E-state index in [1.54, 1.807) is 0 Å². The van der Waals surface area contributed by atoms with Gasteiger partial charge in [-0.3, -0.25) is 5.43 Å². The van der Waals surface area contributed by atoms with Gasteiger partial charge in [-0.25, -0.2) is 5.43 Å². The van der Waals surface area contributed by atoms with E-state index in [2.05, 4.69) is 37.7 Å². The Balaban J connectivity index is 2.11. The molecule has 4 nitrogen and oxygen atoms in total. The van der Waals surface area contributed by atoms with Crippen molar-refractivity contribution in [2.45, 2.75) is 39.3 Å². The second-order valence-corrected chi connectivity index (χ2v) is 5.97. The zero-order valence-corrected chi connectivity index (χ0v) is 12.6. The summed E-state index contributed by atoms with van der Waals surface area (Å²) in [5.41, 5.74) is 7.60. The van der Waals surface area contributed by atoms with Crippen molar-refractivity contribution in [3.63, 3.8) is 0 Å². The zero-order valence-electron chi connectivity index (χ0n) is 12.6. The third kappa shape index (κ3) is 3.51. The predicted molar refractivity (Wildman–Crippen MR) is 80.4 cm³/mol. The SMILES string of the molecule is CC(C)CCOc1ccccc1C1NNC(C)C1CO. The van der Waals surface area contributed by atoms with Gasteiger partial charge in [0.2, 0.25) is 0 Å². The lowest BCUT2D eigenvalue weighted by Gasteiger charge is -2.21. The smallest absolute Gasteiger partial charge is 0.124 e. The Bertz CT molecular complexity index is 423. The fourth-order valence-corrected chi connectivity index (χ4v) is 2.57. The van der Waals surface area contributed by atoms with E-state index in [4.69, 9.17) is 4.74 Å². The minimum absolute atomic E-state index is 0.0882. The Labute approximate surface area is 121 Å². The highest BCUT2D eigenvalue weighted by Crippen LogP contribution is 2.34. The molecule has 1 aromatic rings. The lowest BCUT2D eigenvalue weighted by atomic mass is 9.90. The van der Waals surface area contributed by atoms with Crippen molar-refractivity contribution in [2.24, 2.45) is 11.8 Å². The third-order valence-electron chi connectivity index (χ3n) is 3.95. The number of hydrazine groups is 1. The van der Waals surface area contributed by atoms with Crippen LogP contribution in [-0.4, -0.2) is 24.4 Å². The van der Waals surface area contributed by atoms with E-state index in [1.165, 1.54) is 0 Å². The first kappa shape index (κ1) is 15.3. The molecule has 1 aromatic carbocycles. The van der Waals surface area contributed by atoms with Crippen molar-refractivity contribution in [1.29, 1.82) is 0 Å². The van der Waals surface area contributed by atoms with Gasteiger partial charge in [0.1, 0.15) is 5.75 Å². The second kappa shape index (κ2) is 7.07. The van der Waals surface area contributed by atoms with Gasteiger partial charge in [-0.2, -0.15) is 0 Å². The van der Waals surface area contributed by atoms with Gasteiger partial charge in [-0.15, -0.1) is 0 Å². The molecular formula is C16H26N2O2. The summed E-state index contributed by atoms with van der Waals surface area (Å²) < 4.78 is 5.94. The summed E-state index contributed by atoms with van der Waals surface area (Å²) in [6, 6.07) is 8.43. The zero-order chi connectivity index (χ0) is 14.5. The maximum atomic E-state index is 9.59. The van der Waals surface area contributed by atoms with Gasteiger partial charge < -0.3 is 9.84 Å². The normalized spacial score (nSPS) is 26.1. The minimum Gasteiger partial charge on any atom is -0.493 e. The molecule has 20 heavy (non-hydrogen) atoms. The van der Waals surface area contributed by atoms with E-state index in [-0.39, 0.29) is 24.6 Å². The Kier molecular flexibility index (Phi) is 5.40. The highest BCUT2D eigenvalue weighted by atomic mass is 16.5. The van der Waals surface area contributed by atoms with Crippen LogP contribution in [0.15, 0.2) is 24.3 Å². The molecule has 1 aliphatic heterocycles. The molecule has 0 aromatic heterocycles. The van der Waals surface area contributed by atoms with E-state index in [0.717, 1.165) is 24.3 Å². The molecule has 4 heteroatoms. The molecule has 0 radical (unpaired) electrons. The first-order valence-electron chi connectivity index (χ1n) is 7.47. The number of benzene rings is 1. The average Bonchev–Trinajstić information content (AvgIpc) is 2.80. The minimum atomic E-state index is 0.0882. The number of aliphatic hydroxyl groups excluding tert-OH is 1. The van der Waals surface area contributed by atoms with Crippen LogP contribution in [-0.2, 0) is 0 Å². The first-order chi connectivity index (χ1) is 9.63. The van der Waals surface area contributed by atoms with Crippen molar-refractivity contribution in [1.82, 2.24) is 10.9 Å². The molecule has 0 saturated carbocycles. The summed E-state index contributed by atoms with van der Waals surface area (Å²) in [6.45, 7) is 7.36. The largest absolute Gasteiger partial charge is 0.493 e. The number of para-hydroxylation sites is 1. The summed E-state index contributed by atoms with van der Waals surface area (Å²) >= 11 is 0. The fraction of sp³-hybridized carbons (Fsp3) is 0.625. The van der Waals surface area contributed by atoms with E-state index < -0.39 is 0 Å². The molecule has 3 atom stereocenters. The average molecular weight is 278 g/mol. The molecular weight excluding hydrogens is 252 g/mol. The van der Waals surface area contributed by atoms with Crippen molar-refractivity contribution in [3.8, 4) is 5.75 Å². The summed E-state index contributed by atoms with van der Waals surface area (Å²) in [5, 5.41) is 9.59. The van der Waals surface area contributed by atoms with Gasteiger partial charge >= 0.3 is 0 Å². The van der Waals surface area contributed by atoms with Crippen molar-refractivity contribution >= 4 is 0 Å². The van der Waals surface area contributed by atoms with E-state index >= 15 is 0 Å². The van der Waals surface area contributed by atoms with Crippen molar-refractivity contribution < 1.29 is 9.84 Å². The molecule has 112 valence electrons. The van der Waals surface area contributed by atoms with Crippen LogP contribution >= 0.6 is 0 Å². The lowest BCUT2D eigenvalue weighted by molar-refractivity contribution is 0.202. The number of nitrogens with one attached hydrogen (secondary N) is 2.